The van der Waals surface area contributed by atoms with Gasteiger partial charge in [0.1, 0.15) is 0 Å². The van der Waals surface area contributed by atoms with Gasteiger partial charge in [0.15, 0.2) is 0 Å². The number of hydrogen-bond acceptors (Lipinski definition) is 3. The van der Waals surface area contributed by atoms with Crippen molar-refractivity contribution in [3.05, 3.63) is 35.9 Å². The summed E-state index contributed by atoms with van der Waals surface area (Å²) in [6, 6.07) is 11.2. The fourth-order valence-electron chi connectivity index (χ4n) is 2.37. The second-order valence-electron chi connectivity index (χ2n) is 4.74. The highest BCUT2D eigenvalue weighted by molar-refractivity contribution is 5.14. The van der Waals surface area contributed by atoms with Gasteiger partial charge in [0, 0.05) is 32.3 Å². The van der Waals surface area contributed by atoms with Crippen LogP contribution in [0.25, 0.3) is 0 Å². The molecule has 1 aromatic carbocycles. The SMILES string of the molecule is OCCCNC1CCN(Cc2ccccc2)C1. The van der Waals surface area contributed by atoms with E-state index in [2.05, 4.69) is 40.5 Å². The van der Waals surface area contributed by atoms with E-state index in [0.717, 1.165) is 26.1 Å². The summed E-state index contributed by atoms with van der Waals surface area (Å²) >= 11 is 0. The smallest absolute Gasteiger partial charge is 0.0443 e. The van der Waals surface area contributed by atoms with Crippen LogP contribution < -0.4 is 5.32 Å². The minimum absolute atomic E-state index is 0.285. The average Bonchev–Trinajstić information content (AvgIpc) is 2.79. The van der Waals surface area contributed by atoms with E-state index in [1.807, 2.05) is 0 Å². The topological polar surface area (TPSA) is 35.5 Å². The monoisotopic (exact) mass is 234 g/mol. The molecule has 2 rings (SSSR count). The largest absolute Gasteiger partial charge is 0.396 e. The zero-order valence-corrected chi connectivity index (χ0v) is 10.3. The Hall–Kier alpha value is -0.900. The molecule has 0 spiro atoms. The molecule has 1 atom stereocenters. The summed E-state index contributed by atoms with van der Waals surface area (Å²) in [6.07, 6.45) is 2.08. The van der Waals surface area contributed by atoms with Crippen LogP contribution in [0.5, 0.6) is 0 Å². The maximum atomic E-state index is 8.74. The number of benzene rings is 1. The highest BCUT2D eigenvalue weighted by Crippen LogP contribution is 2.13. The first kappa shape index (κ1) is 12.6. The predicted octanol–water partition coefficient (Wildman–Crippen LogP) is 1.23. The van der Waals surface area contributed by atoms with E-state index in [-0.39, 0.29) is 6.61 Å². The van der Waals surface area contributed by atoms with Crippen LogP contribution >= 0.6 is 0 Å². The molecule has 0 bridgehead atoms. The molecule has 2 N–H and O–H groups in total. The molecule has 1 saturated heterocycles. The molecular formula is C14H22N2O. The first-order valence-corrected chi connectivity index (χ1v) is 6.49. The normalized spacial score (nSPS) is 20.9. The van der Waals surface area contributed by atoms with Crippen LogP contribution in [0.2, 0.25) is 0 Å². The number of nitrogens with zero attached hydrogens (tertiary/aromatic N) is 1. The molecule has 1 unspecified atom stereocenters. The van der Waals surface area contributed by atoms with Crippen molar-refractivity contribution in [2.45, 2.75) is 25.4 Å². The van der Waals surface area contributed by atoms with E-state index in [1.54, 1.807) is 0 Å². The third-order valence-electron chi connectivity index (χ3n) is 3.29. The second-order valence-corrected chi connectivity index (χ2v) is 4.74. The number of rotatable bonds is 6. The molecule has 1 aliphatic rings. The Bertz CT molecular complexity index is 315. The highest BCUT2D eigenvalue weighted by Gasteiger charge is 2.21. The van der Waals surface area contributed by atoms with Crippen LogP contribution in [-0.2, 0) is 6.54 Å². The zero-order chi connectivity index (χ0) is 11.9. The molecule has 1 aliphatic heterocycles. The standard InChI is InChI=1S/C14H22N2O/c17-10-4-8-15-14-7-9-16(12-14)11-13-5-2-1-3-6-13/h1-3,5-6,14-15,17H,4,7-12H2. The summed E-state index contributed by atoms with van der Waals surface area (Å²) in [4.78, 5) is 2.49. The van der Waals surface area contributed by atoms with Gasteiger partial charge in [0.2, 0.25) is 0 Å². The van der Waals surface area contributed by atoms with Crippen molar-refractivity contribution in [2.24, 2.45) is 0 Å². The van der Waals surface area contributed by atoms with E-state index in [1.165, 1.54) is 18.5 Å². The Labute approximate surface area is 103 Å². The summed E-state index contributed by atoms with van der Waals surface area (Å²) in [7, 11) is 0. The number of aliphatic hydroxyl groups is 1. The third-order valence-corrected chi connectivity index (χ3v) is 3.29. The Kier molecular flexibility index (Phi) is 4.98. The number of likely N-dealkylation sites (tertiary alicyclic amines) is 1. The van der Waals surface area contributed by atoms with E-state index in [9.17, 15) is 0 Å². The van der Waals surface area contributed by atoms with Gasteiger partial charge >= 0.3 is 0 Å². The molecule has 1 heterocycles. The van der Waals surface area contributed by atoms with Crippen LogP contribution in [0.3, 0.4) is 0 Å². The Morgan fingerprint density at radius 1 is 1.29 bits per heavy atom. The first-order chi connectivity index (χ1) is 8.38. The Balaban J connectivity index is 1.71. The van der Waals surface area contributed by atoms with Crippen LogP contribution in [-0.4, -0.2) is 42.3 Å². The quantitative estimate of drug-likeness (QED) is 0.727. The summed E-state index contributed by atoms with van der Waals surface area (Å²) in [6.45, 7) is 4.57. The van der Waals surface area contributed by atoms with Gasteiger partial charge < -0.3 is 10.4 Å². The fourth-order valence-corrected chi connectivity index (χ4v) is 2.37. The lowest BCUT2D eigenvalue weighted by Gasteiger charge is -2.16. The van der Waals surface area contributed by atoms with E-state index in [0.29, 0.717) is 6.04 Å². The molecule has 1 fully saturated rings. The molecule has 0 aliphatic carbocycles. The van der Waals surface area contributed by atoms with Crippen LogP contribution in [0.1, 0.15) is 18.4 Å². The van der Waals surface area contributed by atoms with E-state index >= 15 is 0 Å². The molecule has 1 aromatic rings. The van der Waals surface area contributed by atoms with E-state index < -0.39 is 0 Å². The molecular weight excluding hydrogens is 212 g/mol. The van der Waals surface area contributed by atoms with Gasteiger partial charge in [-0.2, -0.15) is 0 Å². The van der Waals surface area contributed by atoms with Gasteiger partial charge in [-0.15, -0.1) is 0 Å². The molecule has 0 radical (unpaired) electrons. The molecule has 17 heavy (non-hydrogen) atoms. The predicted molar refractivity (Wildman–Crippen MR) is 69.8 cm³/mol. The van der Waals surface area contributed by atoms with Crippen molar-refractivity contribution in [1.29, 1.82) is 0 Å². The summed E-state index contributed by atoms with van der Waals surface area (Å²) in [5.41, 5.74) is 1.39. The Morgan fingerprint density at radius 3 is 2.88 bits per heavy atom. The molecule has 0 saturated carbocycles. The molecule has 94 valence electrons. The van der Waals surface area contributed by atoms with Gasteiger partial charge in [-0.25, -0.2) is 0 Å². The number of aliphatic hydroxyl groups excluding tert-OH is 1. The van der Waals surface area contributed by atoms with Gasteiger partial charge in [0.05, 0.1) is 0 Å². The van der Waals surface area contributed by atoms with Gasteiger partial charge in [0.25, 0.3) is 0 Å². The van der Waals surface area contributed by atoms with Crippen LogP contribution in [0.15, 0.2) is 30.3 Å². The van der Waals surface area contributed by atoms with Crippen LogP contribution in [0, 0.1) is 0 Å². The average molecular weight is 234 g/mol. The van der Waals surface area contributed by atoms with Crippen molar-refractivity contribution in [3.8, 4) is 0 Å². The molecule has 0 amide bonds. The number of hydrogen-bond donors (Lipinski definition) is 2. The van der Waals surface area contributed by atoms with Gasteiger partial charge in [-0.3, -0.25) is 4.90 Å². The van der Waals surface area contributed by atoms with Crippen molar-refractivity contribution >= 4 is 0 Å². The van der Waals surface area contributed by atoms with Gasteiger partial charge in [-0.1, -0.05) is 30.3 Å². The highest BCUT2D eigenvalue weighted by atomic mass is 16.3. The third kappa shape index (κ3) is 4.11. The molecule has 0 aromatic heterocycles. The summed E-state index contributed by atoms with van der Waals surface area (Å²) in [5.74, 6) is 0. The first-order valence-electron chi connectivity index (χ1n) is 6.49. The minimum Gasteiger partial charge on any atom is -0.396 e. The fraction of sp³-hybridized carbons (Fsp3) is 0.571. The van der Waals surface area contributed by atoms with Crippen molar-refractivity contribution in [3.63, 3.8) is 0 Å². The zero-order valence-electron chi connectivity index (χ0n) is 10.3. The second kappa shape index (κ2) is 6.74. The molecule has 3 heteroatoms. The lowest BCUT2D eigenvalue weighted by molar-refractivity contribution is 0.280. The van der Waals surface area contributed by atoms with Crippen molar-refractivity contribution in [2.75, 3.05) is 26.2 Å². The maximum absolute atomic E-state index is 8.74. The lowest BCUT2D eigenvalue weighted by atomic mass is 10.2. The summed E-state index contributed by atoms with van der Waals surface area (Å²) in [5, 5.41) is 12.2. The van der Waals surface area contributed by atoms with Gasteiger partial charge in [-0.05, 0) is 24.9 Å². The van der Waals surface area contributed by atoms with Crippen molar-refractivity contribution < 1.29 is 5.11 Å². The minimum atomic E-state index is 0.285. The maximum Gasteiger partial charge on any atom is 0.0443 e. The van der Waals surface area contributed by atoms with Crippen LogP contribution in [0.4, 0.5) is 0 Å². The van der Waals surface area contributed by atoms with E-state index in [4.69, 9.17) is 5.11 Å². The molecule has 3 nitrogen and oxygen atoms in total. The lowest BCUT2D eigenvalue weighted by Crippen LogP contribution is -2.33. The van der Waals surface area contributed by atoms with Crippen molar-refractivity contribution in [1.82, 2.24) is 10.2 Å². The number of nitrogens with one attached hydrogen (secondary N) is 1. The Morgan fingerprint density at radius 2 is 2.12 bits per heavy atom. The summed E-state index contributed by atoms with van der Waals surface area (Å²) < 4.78 is 0.